The molecule has 2 aliphatic heterocycles. The Hall–Kier alpha value is -2.55. The van der Waals surface area contributed by atoms with E-state index in [0.717, 1.165) is 51.9 Å². The zero-order valence-corrected chi connectivity index (χ0v) is 14.6. The fourth-order valence-corrected chi connectivity index (χ4v) is 3.34. The monoisotopic (exact) mass is 358 g/mol. The van der Waals surface area contributed by atoms with Gasteiger partial charge < -0.3 is 19.1 Å². The fraction of sp³-hybridized carbons (Fsp3) is 0.588. The van der Waals surface area contributed by atoms with Crippen molar-refractivity contribution >= 4 is 6.03 Å². The van der Waals surface area contributed by atoms with Crippen LogP contribution in [0.5, 0.6) is 0 Å². The van der Waals surface area contributed by atoms with Crippen LogP contribution in [-0.2, 0) is 11.3 Å². The van der Waals surface area contributed by atoms with Gasteiger partial charge in [-0.1, -0.05) is 5.16 Å². The highest BCUT2D eigenvalue weighted by molar-refractivity contribution is 5.74. The number of ether oxygens (including phenoxy) is 1. The van der Waals surface area contributed by atoms with Crippen LogP contribution in [0, 0.1) is 0 Å². The lowest BCUT2D eigenvalue weighted by Gasteiger charge is -2.34. The standard InChI is InChI=1S/C17H22N6O3/c24-17(22-7-1-2-8-22)23-9-3-13(4-10-23)25-12-15-20-16(26-21-15)14-11-18-5-6-19-14/h5-6,11,13H,1-4,7-10,12H2. The van der Waals surface area contributed by atoms with Crippen molar-refractivity contribution in [3.63, 3.8) is 0 Å². The Morgan fingerprint density at radius 1 is 1.15 bits per heavy atom. The number of hydrogen-bond donors (Lipinski definition) is 0. The number of nitrogens with zero attached hydrogens (tertiary/aromatic N) is 6. The molecule has 4 rings (SSSR count). The lowest BCUT2D eigenvalue weighted by molar-refractivity contribution is -0.00122. The molecular weight excluding hydrogens is 336 g/mol. The van der Waals surface area contributed by atoms with Crippen LogP contribution in [-0.4, -0.2) is 68.2 Å². The summed E-state index contributed by atoms with van der Waals surface area (Å²) >= 11 is 0. The first kappa shape index (κ1) is 16.9. The molecule has 2 aromatic rings. The third kappa shape index (κ3) is 3.82. The van der Waals surface area contributed by atoms with E-state index in [4.69, 9.17) is 9.26 Å². The largest absolute Gasteiger partial charge is 0.370 e. The average Bonchev–Trinajstić information content (AvgIpc) is 3.39. The highest BCUT2D eigenvalue weighted by atomic mass is 16.5. The van der Waals surface area contributed by atoms with Gasteiger partial charge in [-0.25, -0.2) is 9.78 Å². The van der Waals surface area contributed by atoms with Gasteiger partial charge in [0.05, 0.1) is 12.3 Å². The van der Waals surface area contributed by atoms with Crippen LogP contribution in [0.2, 0.25) is 0 Å². The van der Waals surface area contributed by atoms with E-state index in [1.54, 1.807) is 18.6 Å². The number of aromatic nitrogens is 4. The van der Waals surface area contributed by atoms with Crippen LogP contribution < -0.4 is 0 Å². The maximum absolute atomic E-state index is 12.4. The zero-order valence-electron chi connectivity index (χ0n) is 14.6. The second kappa shape index (κ2) is 7.77. The molecule has 138 valence electrons. The first-order valence-electron chi connectivity index (χ1n) is 9.04. The van der Waals surface area contributed by atoms with Crippen molar-refractivity contribution in [1.29, 1.82) is 0 Å². The fourth-order valence-electron chi connectivity index (χ4n) is 3.34. The molecule has 0 atom stereocenters. The minimum Gasteiger partial charge on any atom is -0.370 e. The molecule has 2 fully saturated rings. The van der Waals surface area contributed by atoms with E-state index in [0.29, 0.717) is 17.4 Å². The molecule has 0 aromatic carbocycles. The van der Waals surface area contributed by atoms with Gasteiger partial charge in [-0.2, -0.15) is 4.98 Å². The van der Waals surface area contributed by atoms with E-state index >= 15 is 0 Å². The summed E-state index contributed by atoms with van der Waals surface area (Å²) in [5, 5.41) is 3.92. The molecule has 0 unspecified atom stereocenters. The third-order valence-electron chi connectivity index (χ3n) is 4.79. The van der Waals surface area contributed by atoms with Crippen LogP contribution in [0.25, 0.3) is 11.6 Å². The molecule has 0 radical (unpaired) electrons. The molecule has 26 heavy (non-hydrogen) atoms. The Bertz CT molecular complexity index is 723. The number of amides is 2. The highest BCUT2D eigenvalue weighted by Crippen LogP contribution is 2.19. The van der Waals surface area contributed by atoms with Crippen molar-refractivity contribution in [3.05, 3.63) is 24.4 Å². The van der Waals surface area contributed by atoms with Gasteiger partial charge in [-0.05, 0) is 25.7 Å². The van der Waals surface area contributed by atoms with Crippen molar-refractivity contribution in [2.75, 3.05) is 26.2 Å². The predicted molar refractivity (Wildman–Crippen MR) is 90.9 cm³/mol. The van der Waals surface area contributed by atoms with E-state index in [2.05, 4.69) is 20.1 Å². The maximum Gasteiger partial charge on any atom is 0.320 e. The minimum absolute atomic E-state index is 0.107. The van der Waals surface area contributed by atoms with Crippen molar-refractivity contribution in [2.45, 2.75) is 38.4 Å². The molecule has 0 N–H and O–H groups in total. The molecule has 4 heterocycles. The minimum atomic E-state index is 0.107. The summed E-state index contributed by atoms with van der Waals surface area (Å²) in [4.78, 5) is 28.7. The molecule has 2 aliphatic rings. The molecule has 0 bridgehead atoms. The van der Waals surface area contributed by atoms with E-state index in [9.17, 15) is 4.79 Å². The summed E-state index contributed by atoms with van der Waals surface area (Å²) in [5.74, 6) is 0.823. The summed E-state index contributed by atoms with van der Waals surface area (Å²) in [6.45, 7) is 3.53. The predicted octanol–water partition coefficient (Wildman–Crippen LogP) is 1.72. The van der Waals surface area contributed by atoms with E-state index in [-0.39, 0.29) is 18.7 Å². The highest BCUT2D eigenvalue weighted by Gasteiger charge is 2.28. The number of hydrogen-bond acceptors (Lipinski definition) is 7. The lowest BCUT2D eigenvalue weighted by atomic mass is 10.1. The van der Waals surface area contributed by atoms with E-state index < -0.39 is 0 Å². The Morgan fingerprint density at radius 3 is 2.65 bits per heavy atom. The molecule has 0 spiro atoms. The van der Waals surface area contributed by atoms with Crippen LogP contribution in [0.3, 0.4) is 0 Å². The van der Waals surface area contributed by atoms with E-state index in [1.165, 1.54) is 0 Å². The van der Waals surface area contributed by atoms with E-state index in [1.807, 2.05) is 9.80 Å². The second-order valence-electron chi connectivity index (χ2n) is 6.58. The maximum atomic E-state index is 12.4. The summed E-state index contributed by atoms with van der Waals surface area (Å²) < 4.78 is 11.1. The van der Waals surface area contributed by atoms with Crippen LogP contribution >= 0.6 is 0 Å². The quantitative estimate of drug-likeness (QED) is 0.821. The number of likely N-dealkylation sites (tertiary alicyclic amines) is 2. The third-order valence-corrected chi connectivity index (χ3v) is 4.79. The lowest BCUT2D eigenvalue weighted by Crippen LogP contribution is -2.46. The van der Waals surface area contributed by atoms with Crippen LogP contribution in [0.15, 0.2) is 23.1 Å². The Morgan fingerprint density at radius 2 is 1.92 bits per heavy atom. The van der Waals surface area contributed by atoms with Crippen LogP contribution in [0.1, 0.15) is 31.5 Å². The normalized spacial score (nSPS) is 18.5. The number of urea groups is 1. The number of carbonyl (C=O) groups is 1. The first-order valence-corrected chi connectivity index (χ1v) is 9.04. The Labute approximate surface area is 151 Å². The van der Waals surface area contributed by atoms with Crippen molar-refractivity contribution in [1.82, 2.24) is 29.9 Å². The topological polar surface area (TPSA) is 97.5 Å². The molecule has 0 aliphatic carbocycles. The smallest absolute Gasteiger partial charge is 0.320 e. The van der Waals surface area contributed by atoms with Gasteiger partial charge in [0.1, 0.15) is 12.3 Å². The SMILES string of the molecule is O=C(N1CCCC1)N1CCC(OCc2noc(-c3cnccn3)n2)CC1. The van der Waals surface area contributed by atoms with Gasteiger partial charge in [0, 0.05) is 38.6 Å². The first-order chi connectivity index (χ1) is 12.8. The molecule has 2 amide bonds. The molecule has 2 saturated heterocycles. The summed E-state index contributed by atoms with van der Waals surface area (Å²) in [5.41, 5.74) is 0.542. The van der Waals surface area contributed by atoms with Gasteiger partial charge in [0.25, 0.3) is 5.89 Å². The molecule has 9 nitrogen and oxygen atoms in total. The van der Waals surface area contributed by atoms with Crippen LogP contribution in [0.4, 0.5) is 4.79 Å². The second-order valence-corrected chi connectivity index (χ2v) is 6.58. The van der Waals surface area contributed by atoms with Gasteiger partial charge in [0.2, 0.25) is 0 Å². The van der Waals surface area contributed by atoms with Gasteiger partial charge in [-0.3, -0.25) is 4.98 Å². The Kier molecular flexibility index (Phi) is 5.05. The van der Waals surface area contributed by atoms with Gasteiger partial charge in [0.15, 0.2) is 5.82 Å². The molecular formula is C17H22N6O3. The van der Waals surface area contributed by atoms with Gasteiger partial charge >= 0.3 is 6.03 Å². The van der Waals surface area contributed by atoms with Crippen molar-refractivity contribution < 1.29 is 14.1 Å². The Balaban J connectivity index is 1.24. The summed E-state index contributed by atoms with van der Waals surface area (Å²) in [6, 6.07) is 0.174. The number of piperidine rings is 1. The van der Waals surface area contributed by atoms with Crippen molar-refractivity contribution in [2.24, 2.45) is 0 Å². The summed E-state index contributed by atoms with van der Waals surface area (Å²) in [6.07, 6.45) is 8.74. The number of rotatable bonds is 4. The molecule has 9 heteroatoms. The molecule has 0 saturated carbocycles. The summed E-state index contributed by atoms with van der Waals surface area (Å²) in [7, 11) is 0. The van der Waals surface area contributed by atoms with Gasteiger partial charge in [-0.15, -0.1) is 0 Å². The zero-order chi connectivity index (χ0) is 17.8. The van der Waals surface area contributed by atoms with Crippen molar-refractivity contribution in [3.8, 4) is 11.6 Å². The molecule has 2 aromatic heterocycles. The number of carbonyl (C=O) groups excluding carboxylic acids is 1. The average molecular weight is 358 g/mol.